The van der Waals surface area contributed by atoms with Crippen molar-refractivity contribution in [1.29, 1.82) is 0 Å². The minimum atomic E-state index is -2.08. The van der Waals surface area contributed by atoms with Crippen LogP contribution in [-0.4, -0.2) is 100 Å². The third-order valence-corrected chi connectivity index (χ3v) is 8.92. The van der Waals surface area contributed by atoms with E-state index in [-0.39, 0.29) is 47.6 Å². The van der Waals surface area contributed by atoms with Crippen LogP contribution in [0.2, 0.25) is 0 Å². The van der Waals surface area contributed by atoms with Crippen molar-refractivity contribution in [1.82, 2.24) is 5.32 Å². The van der Waals surface area contributed by atoms with Gasteiger partial charge >= 0.3 is 0 Å². The smallest absolute Gasteiger partial charge is 0.277 e. The van der Waals surface area contributed by atoms with Gasteiger partial charge in [-0.25, -0.2) is 0 Å². The number of hydrogen-bond acceptors (Lipinski definition) is 13. The van der Waals surface area contributed by atoms with Crippen LogP contribution >= 0.6 is 0 Å². The van der Waals surface area contributed by atoms with Crippen molar-refractivity contribution < 1.29 is 63.3 Å². The van der Waals surface area contributed by atoms with Gasteiger partial charge in [-0.05, 0) is 19.9 Å². The lowest BCUT2D eigenvalue weighted by molar-refractivity contribution is -0.249. The number of carbonyl (C=O) groups excluding carboxylic acids is 4. The number of ketones is 3. The number of hydrogen-bond donors (Lipinski definition) is 5. The van der Waals surface area contributed by atoms with Crippen molar-refractivity contribution in [3.63, 3.8) is 0 Å². The SMILES string of the molecule is COc1cccc2c1C(=O)c1c(O)c3c(c(O)c1C2=O)C[C@@](O)(C(C)=O)C[C@@H]3OC1CC(NC(=O)C2OCCO2)C(O)C(C)O1. The summed E-state index contributed by atoms with van der Waals surface area (Å²) in [5, 5.41) is 47.9. The number of phenols is 2. The van der Waals surface area contributed by atoms with E-state index < -0.39 is 101 Å². The Hall–Kier alpha value is -3.92. The van der Waals surface area contributed by atoms with E-state index in [0.29, 0.717) is 0 Å². The van der Waals surface area contributed by atoms with Crippen LogP contribution in [0, 0.1) is 0 Å². The van der Waals surface area contributed by atoms with Crippen LogP contribution in [-0.2, 0) is 35.0 Å². The molecule has 2 aromatic rings. The van der Waals surface area contributed by atoms with Crippen molar-refractivity contribution in [3.8, 4) is 17.2 Å². The molecule has 0 aromatic heterocycles. The molecular formula is C31H33NO13. The lowest BCUT2D eigenvalue weighted by atomic mass is 9.72. The number of aliphatic hydroxyl groups excluding tert-OH is 1. The third kappa shape index (κ3) is 5.07. The zero-order valence-electron chi connectivity index (χ0n) is 24.7. The minimum Gasteiger partial charge on any atom is -0.507 e. The Morgan fingerprint density at radius 2 is 1.73 bits per heavy atom. The Kier molecular flexibility index (Phi) is 7.92. The van der Waals surface area contributed by atoms with Crippen molar-refractivity contribution in [2.75, 3.05) is 20.3 Å². The van der Waals surface area contributed by atoms with E-state index in [0.717, 1.165) is 6.92 Å². The van der Waals surface area contributed by atoms with Gasteiger partial charge in [0.15, 0.2) is 17.9 Å². The van der Waals surface area contributed by atoms with Gasteiger partial charge in [0.25, 0.3) is 5.91 Å². The van der Waals surface area contributed by atoms with Crippen LogP contribution in [0.4, 0.5) is 0 Å². The molecule has 2 fully saturated rings. The molecule has 6 rings (SSSR count). The van der Waals surface area contributed by atoms with Crippen LogP contribution in [0.5, 0.6) is 17.2 Å². The molecule has 2 saturated heterocycles. The van der Waals surface area contributed by atoms with Gasteiger partial charge in [0.2, 0.25) is 12.1 Å². The molecule has 2 aliphatic carbocycles. The van der Waals surface area contributed by atoms with Gasteiger partial charge in [-0.2, -0.15) is 0 Å². The lowest BCUT2D eigenvalue weighted by Crippen LogP contribution is -2.57. The van der Waals surface area contributed by atoms with E-state index in [1.165, 1.54) is 25.3 Å². The largest absolute Gasteiger partial charge is 0.507 e. The van der Waals surface area contributed by atoms with E-state index in [9.17, 15) is 39.6 Å². The van der Waals surface area contributed by atoms with Crippen LogP contribution < -0.4 is 10.1 Å². The molecule has 45 heavy (non-hydrogen) atoms. The average molecular weight is 628 g/mol. The Bertz CT molecular complexity index is 1600. The molecule has 0 saturated carbocycles. The maximum absolute atomic E-state index is 13.8. The maximum Gasteiger partial charge on any atom is 0.277 e. The summed E-state index contributed by atoms with van der Waals surface area (Å²) in [6.07, 6.45) is -6.63. The Morgan fingerprint density at radius 1 is 1.04 bits per heavy atom. The van der Waals surface area contributed by atoms with Crippen molar-refractivity contribution in [3.05, 3.63) is 51.6 Å². The summed E-state index contributed by atoms with van der Waals surface area (Å²) in [7, 11) is 1.32. The second-order valence-electron chi connectivity index (χ2n) is 11.7. The molecule has 2 aliphatic heterocycles. The van der Waals surface area contributed by atoms with Crippen molar-refractivity contribution in [2.24, 2.45) is 0 Å². The second kappa shape index (κ2) is 11.5. The highest BCUT2D eigenvalue weighted by atomic mass is 16.7. The second-order valence-corrected chi connectivity index (χ2v) is 11.7. The molecule has 2 heterocycles. The van der Waals surface area contributed by atoms with Gasteiger partial charge in [0.1, 0.15) is 29.0 Å². The number of phenolic OH excluding ortho intramolecular Hbond substituents is 2. The summed E-state index contributed by atoms with van der Waals surface area (Å²) in [6.45, 7) is 3.19. The third-order valence-electron chi connectivity index (χ3n) is 8.92. The van der Waals surface area contributed by atoms with Gasteiger partial charge in [-0.3, -0.25) is 19.2 Å². The van der Waals surface area contributed by atoms with Gasteiger partial charge in [-0.1, -0.05) is 12.1 Å². The molecule has 14 heteroatoms. The molecule has 0 bridgehead atoms. The summed E-state index contributed by atoms with van der Waals surface area (Å²) in [5.74, 6) is -4.03. The number of carbonyl (C=O) groups is 4. The summed E-state index contributed by atoms with van der Waals surface area (Å²) in [4.78, 5) is 52.7. The molecule has 240 valence electrons. The zero-order chi connectivity index (χ0) is 32.4. The van der Waals surface area contributed by atoms with Crippen LogP contribution in [0.1, 0.15) is 75.8 Å². The zero-order valence-corrected chi connectivity index (χ0v) is 24.7. The number of ether oxygens (including phenoxy) is 5. The molecule has 1 amide bonds. The highest BCUT2D eigenvalue weighted by Crippen LogP contribution is 2.52. The molecule has 6 atom stereocenters. The number of nitrogens with one attached hydrogen (secondary N) is 1. The normalized spacial score (nSPS) is 29.5. The van der Waals surface area contributed by atoms with E-state index in [2.05, 4.69) is 5.32 Å². The molecule has 4 aliphatic rings. The monoisotopic (exact) mass is 627 g/mol. The number of aromatic hydroxyl groups is 2. The topological polar surface area (TPSA) is 207 Å². The number of rotatable bonds is 6. The maximum atomic E-state index is 13.8. The van der Waals surface area contributed by atoms with E-state index in [4.69, 9.17) is 23.7 Å². The van der Waals surface area contributed by atoms with Crippen LogP contribution in [0.25, 0.3) is 0 Å². The van der Waals surface area contributed by atoms with Crippen molar-refractivity contribution >= 4 is 23.3 Å². The summed E-state index contributed by atoms with van der Waals surface area (Å²) in [6, 6.07) is 3.50. The van der Waals surface area contributed by atoms with E-state index in [1.807, 2.05) is 0 Å². The first kappa shape index (κ1) is 31.1. The molecular weight excluding hydrogens is 594 g/mol. The number of fused-ring (bicyclic) bond motifs is 3. The van der Waals surface area contributed by atoms with Gasteiger partial charge < -0.3 is 49.4 Å². The molecule has 0 spiro atoms. The Balaban J connectivity index is 1.40. The first-order valence-electron chi connectivity index (χ1n) is 14.5. The number of Topliss-reactive ketones (excluding diaryl/α,β-unsaturated/α-hetero) is 1. The molecule has 4 unspecified atom stereocenters. The van der Waals surface area contributed by atoms with Gasteiger partial charge in [0, 0.05) is 36.0 Å². The standard InChI is InChI=1S/C31H33NO13/c1-12-24(34)16(32-29(39)30-42-7-8-43-30)9-19(44-12)45-18-11-31(40,13(2)33)10-15-21(18)28(38)23-22(26(15)36)25(35)14-5-4-6-17(41-3)20(14)27(23)37/h4-6,12,16,18-19,24,30,34,36,38,40H,7-11H2,1-3H3,(H,32,39)/t12?,16?,18-,19?,24?,31-/m0/s1. The fourth-order valence-corrected chi connectivity index (χ4v) is 6.53. The fraction of sp³-hybridized carbons (Fsp3) is 0.484. The summed E-state index contributed by atoms with van der Waals surface area (Å²) < 4.78 is 27.8. The first-order valence-corrected chi connectivity index (χ1v) is 14.5. The number of amides is 1. The number of benzene rings is 2. The van der Waals surface area contributed by atoms with Crippen molar-refractivity contribution in [2.45, 2.75) is 75.6 Å². The fourth-order valence-electron chi connectivity index (χ4n) is 6.53. The average Bonchev–Trinajstić information content (AvgIpc) is 3.55. The predicted molar refractivity (Wildman–Crippen MR) is 150 cm³/mol. The highest BCUT2D eigenvalue weighted by Gasteiger charge is 2.49. The molecule has 2 aromatic carbocycles. The Morgan fingerprint density at radius 3 is 2.40 bits per heavy atom. The first-order chi connectivity index (χ1) is 21.4. The van der Waals surface area contributed by atoms with Crippen LogP contribution in [0.3, 0.4) is 0 Å². The summed E-state index contributed by atoms with van der Waals surface area (Å²) in [5.41, 5.74) is -3.39. The van der Waals surface area contributed by atoms with Crippen LogP contribution in [0.15, 0.2) is 18.2 Å². The minimum absolute atomic E-state index is 0.0448. The predicted octanol–water partition coefficient (Wildman–Crippen LogP) is 0.559. The number of methoxy groups -OCH3 is 1. The summed E-state index contributed by atoms with van der Waals surface area (Å²) >= 11 is 0. The van der Waals surface area contributed by atoms with Gasteiger partial charge in [0.05, 0.1) is 55.3 Å². The molecule has 0 radical (unpaired) electrons. The lowest BCUT2D eigenvalue weighted by Gasteiger charge is -2.42. The highest BCUT2D eigenvalue weighted by molar-refractivity contribution is 6.31. The molecule has 14 nitrogen and oxygen atoms in total. The molecule has 5 N–H and O–H groups in total. The quantitative estimate of drug-likeness (QED) is 0.237. The Labute approximate surface area is 256 Å². The van der Waals surface area contributed by atoms with Gasteiger partial charge in [-0.15, -0.1) is 0 Å². The number of aliphatic hydroxyl groups is 2. The van der Waals surface area contributed by atoms with E-state index >= 15 is 0 Å². The van der Waals surface area contributed by atoms with E-state index in [1.54, 1.807) is 6.92 Å².